The van der Waals surface area contributed by atoms with E-state index in [1.807, 2.05) is 48.5 Å². The van der Waals surface area contributed by atoms with E-state index in [0.29, 0.717) is 12.8 Å². The molecule has 0 bridgehead atoms. The summed E-state index contributed by atoms with van der Waals surface area (Å²) in [7, 11) is -2.24. The first-order chi connectivity index (χ1) is 11.7. The summed E-state index contributed by atoms with van der Waals surface area (Å²) in [4.78, 5) is 0. The maximum Gasteiger partial charge on any atom is 0.698 e. The lowest BCUT2D eigenvalue weighted by Crippen LogP contribution is -1.92. The number of nitrogens with zero attached hydrogens (tertiary/aromatic N) is 2. The molecule has 120 valence electrons. The molecule has 0 aliphatic heterocycles. The summed E-state index contributed by atoms with van der Waals surface area (Å²) in [6.45, 7) is 0.311. The maximum atomic E-state index is 11.8. The lowest BCUT2D eigenvalue weighted by molar-refractivity contribution is 0.213. The maximum absolute atomic E-state index is 11.8. The molecule has 2 aromatic carbocycles. The van der Waals surface area contributed by atoms with Gasteiger partial charge in [-0.05, 0) is 22.3 Å². The number of nitriles is 2. The number of rotatable bonds is 8. The van der Waals surface area contributed by atoms with Gasteiger partial charge in [0.25, 0.3) is 0 Å². The lowest BCUT2D eigenvalue weighted by Gasteiger charge is -2.00. The van der Waals surface area contributed by atoms with Crippen LogP contribution in [0.25, 0.3) is 0 Å². The molecular weight excluding hydrogens is 323 g/mol. The van der Waals surface area contributed by atoms with E-state index < -0.39 is 8.25 Å². The summed E-state index contributed by atoms with van der Waals surface area (Å²) in [6, 6.07) is 18.9. The second-order valence-electron chi connectivity index (χ2n) is 5.08. The zero-order chi connectivity index (χ0) is 17.2. The van der Waals surface area contributed by atoms with E-state index in [9.17, 15) is 4.57 Å². The van der Waals surface area contributed by atoms with Crippen LogP contribution in [0.5, 0.6) is 0 Å². The van der Waals surface area contributed by atoms with Gasteiger partial charge >= 0.3 is 8.25 Å². The number of hydrogen-bond donors (Lipinski definition) is 0. The van der Waals surface area contributed by atoms with Gasteiger partial charge in [-0.25, -0.2) is 0 Å². The Morgan fingerprint density at radius 3 is 1.62 bits per heavy atom. The molecule has 2 rings (SSSR count). The Bertz CT molecular complexity index is 728. The minimum absolute atomic E-state index is 0.156. The van der Waals surface area contributed by atoms with Gasteiger partial charge in [-0.2, -0.15) is 10.5 Å². The van der Waals surface area contributed by atoms with Crippen LogP contribution in [0.3, 0.4) is 0 Å². The van der Waals surface area contributed by atoms with Gasteiger partial charge in [0.05, 0.1) is 25.0 Å². The van der Waals surface area contributed by atoms with Crippen molar-refractivity contribution in [2.75, 3.05) is 0 Å². The fourth-order valence-corrected chi connectivity index (χ4v) is 2.72. The van der Waals surface area contributed by atoms with Crippen molar-refractivity contribution >= 4 is 8.25 Å². The molecule has 5 nitrogen and oxygen atoms in total. The smallest absolute Gasteiger partial charge is 0.198 e. The predicted molar refractivity (Wildman–Crippen MR) is 88.7 cm³/mol. The average molecular weight is 339 g/mol. The van der Waals surface area contributed by atoms with Gasteiger partial charge in [0, 0.05) is 4.57 Å². The summed E-state index contributed by atoms with van der Waals surface area (Å²) in [5.41, 5.74) is 3.46. The van der Waals surface area contributed by atoms with Gasteiger partial charge in [0.1, 0.15) is 13.2 Å². The molecule has 0 atom stereocenters. The first-order valence-electron chi connectivity index (χ1n) is 7.34. The number of hydrogen-bond acceptors (Lipinski definition) is 5. The van der Waals surface area contributed by atoms with Crippen molar-refractivity contribution in [2.24, 2.45) is 0 Å². The highest BCUT2D eigenvalue weighted by molar-refractivity contribution is 7.33. The molecule has 0 aromatic heterocycles. The van der Waals surface area contributed by atoms with E-state index in [4.69, 9.17) is 19.6 Å². The van der Waals surface area contributed by atoms with Gasteiger partial charge < -0.3 is 0 Å². The SMILES string of the molecule is N#CCc1cccc(CO[P+](=O)OCc2cccc(CC#N)c2)c1. The molecule has 0 heterocycles. The van der Waals surface area contributed by atoms with Crippen molar-refractivity contribution in [3.63, 3.8) is 0 Å². The second-order valence-corrected chi connectivity index (χ2v) is 6.04. The largest absolute Gasteiger partial charge is 0.698 e. The molecular formula is C18H16N2O3P+. The van der Waals surface area contributed by atoms with E-state index in [0.717, 1.165) is 22.3 Å². The topological polar surface area (TPSA) is 83.1 Å². The first kappa shape index (κ1) is 17.8. The molecule has 0 saturated heterocycles. The molecule has 0 radical (unpaired) electrons. The van der Waals surface area contributed by atoms with Crippen LogP contribution in [0.2, 0.25) is 0 Å². The predicted octanol–water partition coefficient (Wildman–Crippen LogP) is 4.21. The highest BCUT2D eigenvalue weighted by atomic mass is 31.1. The highest BCUT2D eigenvalue weighted by Crippen LogP contribution is 2.27. The minimum Gasteiger partial charge on any atom is -0.198 e. The Hall–Kier alpha value is -2.56. The van der Waals surface area contributed by atoms with Crippen molar-refractivity contribution in [3.05, 3.63) is 70.8 Å². The van der Waals surface area contributed by atoms with Crippen LogP contribution in [-0.4, -0.2) is 0 Å². The molecule has 2 aromatic rings. The van der Waals surface area contributed by atoms with Gasteiger partial charge in [0.2, 0.25) is 0 Å². The molecule has 0 amide bonds. The van der Waals surface area contributed by atoms with Gasteiger partial charge in [-0.3, -0.25) is 0 Å². The van der Waals surface area contributed by atoms with E-state index >= 15 is 0 Å². The van der Waals surface area contributed by atoms with E-state index in [1.165, 1.54) is 0 Å². The Balaban J connectivity index is 1.81. The summed E-state index contributed by atoms with van der Waals surface area (Å²) in [6.07, 6.45) is 0.658. The average Bonchev–Trinajstić information content (AvgIpc) is 2.59. The fourth-order valence-electron chi connectivity index (χ4n) is 2.13. The lowest BCUT2D eigenvalue weighted by atomic mass is 10.1. The van der Waals surface area contributed by atoms with Crippen LogP contribution >= 0.6 is 8.25 Å². The summed E-state index contributed by atoms with van der Waals surface area (Å²) in [5, 5.41) is 17.4. The molecule has 0 spiro atoms. The molecule has 0 N–H and O–H groups in total. The second kappa shape index (κ2) is 9.55. The summed E-state index contributed by atoms with van der Waals surface area (Å²) < 4.78 is 22.2. The fraction of sp³-hybridized carbons (Fsp3) is 0.222. The quantitative estimate of drug-likeness (QED) is 0.673. The van der Waals surface area contributed by atoms with Crippen LogP contribution in [0.1, 0.15) is 22.3 Å². The normalized spacial score (nSPS) is 9.92. The Kier molecular flexibility index (Phi) is 7.08. The Morgan fingerprint density at radius 2 is 1.21 bits per heavy atom. The van der Waals surface area contributed by atoms with Gasteiger partial charge in [-0.1, -0.05) is 48.5 Å². The van der Waals surface area contributed by atoms with Crippen molar-refractivity contribution in [1.82, 2.24) is 0 Å². The van der Waals surface area contributed by atoms with E-state index in [2.05, 4.69) is 12.1 Å². The third-order valence-corrected chi connectivity index (χ3v) is 3.90. The van der Waals surface area contributed by atoms with Gasteiger partial charge in [-0.15, -0.1) is 9.05 Å². The van der Waals surface area contributed by atoms with E-state index in [-0.39, 0.29) is 13.2 Å². The Labute approximate surface area is 142 Å². The molecule has 0 fully saturated rings. The van der Waals surface area contributed by atoms with Crippen LogP contribution in [0, 0.1) is 22.7 Å². The van der Waals surface area contributed by atoms with Crippen LogP contribution in [0.4, 0.5) is 0 Å². The van der Waals surface area contributed by atoms with Crippen LogP contribution in [0.15, 0.2) is 48.5 Å². The van der Waals surface area contributed by atoms with Crippen molar-refractivity contribution in [2.45, 2.75) is 26.1 Å². The zero-order valence-electron chi connectivity index (χ0n) is 13.0. The molecule has 0 saturated carbocycles. The summed E-state index contributed by atoms with van der Waals surface area (Å²) in [5.74, 6) is 0. The van der Waals surface area contributed by atoms with Crippen molar-refractivity contribution in [3.8, 4) is 12.1 Å². The number of benzene rings is 2. The van der Waals surface area contributed by atoms with Crippen molar-refractivity contribution < 1.29 is 13.6 Å². The third-order valence-electron chi connectivity index (χ3n) is 3.22. The molecule has 0 aliphatic carbocycles. The first-order valence-corrected chi connectivity index (χ1v) is 8.43. The highest BCUT2D eigenvalue weighted by Gasteiger charge is 2.20. The summed E-state index contributed by atoms with van der Waals surface area (Å²) >= 11 is 0. The Morgan fingerprint density at radius 1 is 0.792 bits per heavy atom. The molecule has 0 unspecified atom stereocenters. The van der Waals surface area contributed by atoms with Crippen LogP contribution in [-0.2, 0) is 39.7 Å². The standard InChI is InChI=1S/C18H16N2O3P/c19-9-7-15-3-1-5-17(11-15)13-22-24(21)23-14-18-6-2-4-16(12-18)8-10-20/h1-6,11-12H,7-8,13-14H2/q+1. The minimum atomic E-state index is -2.24. The molecule has 0 aliphatic rings. The van der Waals surface area contributed by atoms with Crippen molar-refractivity contribution in [1.29, 1.82) is 10.5 Å². The van der Waals surface area contributed by atoms with Crippen LogP contribution < -0.4 is 0 Å². The van der Waals surface area contributed by atoms with Gasteiger partial charge in [0.15, 0.2) is 0 Å². The molecule has 24 heavy (non-hydrogen) atoms. The zero-order valence-corrected chi connectivity index (χ0v) is 13.9. The van der Waals surface area contributed by atoms with E-state index in [1.54, 1.807) is 0 Å². The third kappa shape index (κ3) is 5.91. The molecule has 6 heteroatoms. The monoisotopic (exact) mass is 339 g/mol.